The summed E-state index contributed by atoms with van der Waals surface area (Å²) in [7, 11) is -1.80. The fourth-order valence-electron chi connectivity index (χ4n) is 2.42. The minimum Gasteiger partial charge on any atom is -0.468 e. The summed E-state index contributed by atoms with van der Waals surface area (Å²) >= 11 is 0. The fraction of sp³-hybridized carbons (Fsp3) is 0.278. The van der Waals surface area contributed by atoms with Crippen molar-refractivity contribution in [1.29, 1.82) is 0 Å². The fourth-order valence-corrected chi connectivity index (χ4v) is 3.79. The summed E-state index contributed by atoms with van der Waals surface area (Å²) in [5.74, 6) is -1.60. The highest BCUT2D eigenvalue weighted by atomic mass is 32.2. The number of sulfonamides is 1. The van der Waals surface area contributed by atoms with Crippen LogP contribution < -0.4 is 5.32 Å². The Morgan fingerprint density at radius 1 is 1.15 bits per heavy atom. The van der Waals surface area contributed by atoms with Crippen molar-refractivity contribution in [3.8, 4) is 0 Å². The second-order valence-corrected chi connectivity index (χ2v) is 7.57. The Hall–Kier alpha value is -2.29. The number of likely N-dealkylation sites (N-methyl/N-ethyl adjacent to an activating group) is 1. The van der Waals surface area contributed by atoms with E-state index in [0.717, 1.165) is 22.0 Å². The summed E-state index contributed by atoms with van der Waals surface area (Å²) in [6, 6.07) is 13.4. The highest BCUT2D eigenvalue weighted by Crippen LogP contribution is 2.20. The van der Waals surface area contributed by atoms with Crippen molar-refractivity contribution >= 4 is 16.0 Å². The van der Waals surface area contributed by atoms with E-state index in [-0.39, 0.29) is 6.54 Å². The van der Waals surface area contributed by atoms with E-state index in [4.69, 9.17) is 4.74 Å². The summed E-state index contributed by atoms with van der Waals surface area (Å²) < 4.78 is 44.9. The van der Waals surface area contributed by atoms with Crippen molar-refractivity contribution in [2.75, 3.05) is 20.7 Å². The van der Waals surface area contributed by atoms with E-state index in [2.05, 4.69) is 5.32 Å². The van der Waals surface area contributed by atoms with Gasteiger partial charge < -0.3 is 10.1 Å². The van der Waals surface area contributed by atoms with Gasteiger partial charge in [-0.2, -0.15) is 4.31 Å². The first kappa shape index (κ1) is 20.0. The maximum Gasteiger partial charge on any atom is 0.325 e. The van der Waals surface area contributed by atoms with Gasteiger partial charge in [0, 0.05) is 20.1 Å². The average molecular weight is 380 g/mol. The number of hydrogen-bond donors (Lipinski definition) is 1. The first-order valence-corrected chi connectivity index (χ1v) is 9.37. The molecule has 0 aliphatic rings. The molecule has 0 amide bonds. The topological polar surface area (TPSA) is 75.7 Å². The second-order valence-electron chi connectivity index (χ2n) is 5.61. The molecule has 0 saturated carbocycles. The van der Waals surface area contributed by atoms with Crippen LogP contribution in [0, 0.1) is 5.82 Å². The minimum atomic E-state index is -4.20. The lowest BCUT2D eigenvalue weighted by Gasteiger charge is -2.26. The van der Waals surface area contributed by atoms with Gasteiger partial charge in [-0.3, -0.25) is 4.79 Å². The standard InChI is InChI=1S/C18H21FN2O4S/c1-21(26(23,24)17-11-7-6-10-15(17)19)16(18(22)25-2)13-20-12-14-8-4-3-5-9-14/h3-11,16,20H,12-13H2,1-2H3. The van der Waals surface area contributed by atoms with E-state index in [1.807, 2.05) is 30.3 Å². The minimum absolute atomic E-state index is 0.0196. The van der Waals surface area contributed by atoms with Gasteiger partial charge in [-0.05, 0) is 17.7 Å². The molecule has 0 bridgehead atoms. The molecule has 0 radical (unpaired) electrons. The molecule has 6 nitrogen and oxygen atoms in total. The lowest BCUT2D eigenvalue weighted by atomic mass is 10.2. The van der Waals surface area contributed by atoms with Crippen LogP contribution in [0.5, 0.6) is 0 Å². The summed E-state index contributed by atoms with van der Waals surface area (Å²) in [6.45, 7) is 0.466. The molecule has 0 fully saturated rings. The van der Waals surface area contributed by atoms with Gasteiger partial charge in [0.2, 0.25) is 10.0 Å². The van der Waals surface area contributed by atoms with Crippen molar-refractivity contribution in [3.05, 3.63) is 66.0 Å². The molecule has 0 heterocycles. The third-order valence-electron chi connectivity index (χ3n) is 3.92. The van der Waals surface area contributed by atoms with Gasteiger partial charge in [0.25, 0.3) is 0 Å². The third-order valence-corrected chi connectivity index (χ3v) is 5.82. The van der Waals surface area contributed by atoms with E-state index in [1.54, 1.807) is 0 Å². The smallest absolute Gasteiger partial charge is 0.325 e. The van der Waals surface area contributed by atoms with Crippen LogP contribution >= 0.6 is 0 Å². The molecule has 1 atom stereocenters. The maximum atomic E-state index is 13.9. The molecule has 26 heavy (non-hydrogen) atoms. The summed E-state index contributed by atoms with van der Waals surface area (Å²) in [4.78, 5) is 11.6. The van der Waals surface area contributed by atoms with Crippen LogP contribution in [0.1, 0.15) is 5.56 Å². The quantitative estimate of drug-likeness (QED) is 0.707. The Bertz CT molecular complexity index is 843. The summed E-state index contributed by atoms with van der Waals surface area (Å²) in [6.07, 6.45) is 0. The first-order valence-electron chi connectivity index (χ1n) is 7.93. The second kappa shape index (κ2) is 8.88. The number of methoxy groups -OCH3 is 1. The number of ether oxygens (including phenoxy) is 1. The molecule has 0 aliphatic carbocycles. The predicted molar refractivity (Wildman–Crippen MR) is 95.3 cm³/mol. The first-order chi connectivity index (χ1) is 12.4. The van der Waals surface area contributed by atoms with Crippen molar-refractivity contribution in [3.63, 3.8) is 0 Å². The number of carbonyl (C=O) groups excluding carboxylic acids is 1. The van der Waals surface area contributed by atoms with E-state index in [1.165, 1.54) is 26.3 Å². The van der Waals surface area contributed by atoms with Crippen LogP contribution in [0.3, 0.4) is 0 Å². The molecule has 140 valence electrons. The normalized spacial score (nSPS) is 12.8. The molecule has 0 aromatic heterocycles. The zero-order valence-electron chi connectivity index (χ0n) is 14.6. The Balaban J connectivity index is 2.17. The molecule has 0 spiro atoms. The molecular formula is C18H21FN2O4S. The van der Waals surface area contributed by atoms with Gasteiger partial charge >= 0.3 is 5.97 Å². The molecule has 0 aliphatic heterocycles. The molecule has 2 aromatic rings. The number of hydrogen-bond acceptors (Lipinski definition) is 5. The van der Waals surface area contributed by atoms with E-state index in [9.17, 15) is 17.6 Å². The number of nitrogens with one attached hydrogen (secondary N) is 1. The van der Waals surface area contributed by atoms with Gasteiger partial charge in [0.15, 0.2) is 0 Å². The highest BCUT2D eigenvalue weighted by Gasteiger charge is 2.34. The van der Waals surface area contributed by atoms with Gasteiger partial charge in [-0.15, -0.1) is 0 Å². The molecule has 2 rings (SSSR count). The monoisotopic (exact) mass is 380 g/mol. The SMILES string of the molecule is COC(=O)C(CNCc1ccccc1)N(C)S(=O)(=O)c1ccccc1F. The molecule has 1 N–H and O–H groups in total. The number of esters is 1. The number of carbonyl (C=O) groups is 1. The van der Waals surface area contributed by atoms with E-state index < -0.39 is 32.7 Å². The van der Waals surface area contributed by atoms with Crippen LogP contribution in [0.25, 0.3) is 0 Å². The molecule has 8 heteroatoms. The Morgan fingerprint density at radius 2 is 1.77 bits per heavy atom. The van der Waals surface area contributed by atoms with Gasteiger partial charge in [0.1, 0.15) is 16.8 Å². The van der Waals surface area contributed by atoms with Gasteiger partial charge in [-0.25, -0.2) is 12.8 Å². The Labute approximate surface area is 152 Å². The zero-order chi connectivity index (χ0) is 19.2. The number of benzene rings is 2. The lowest BCUT2D eigenvalue weighted by molar-refractivity contribution is -0.144. The Kier molecular flexibility index (Phi) is 6.84. The van der Waals surface area contributed by atoms with Crippen LogP contribution in [-0.2, 0) is 26.1 Å². The molecule has 0 saturated heterocycles. The number of rotatable bonds is 8. The van der Waals surface area contributed by atoms with Crippen LogP contribution in [0.4, 0.5) is 4.39 Å². The number of nitrogens with zero attached hydrogens (tertiary/aromatic N) is 1. The predicted octanol–water partition coefficient (Wildman–Crippen LogP) is 1.78. The van der Waals surface area contributed by atoms with Crippen LogP contribution in [0.15, 0.2) is 59.5 Å². The molecular weight excluding hydrogens is 359 g/mol. The summed E-state index contributed by atoms with van der Waals surface area (Å²) in [5, 5.41) is 3.04. The summed E-state index contributed by atoms with van der Waals surface area (Å²) in [5.41, 5.74) is 0.982. The van der Waals surface area contributed by atoms with Gasteiger partial charge in [0.05, 0.1) is 7.11 Å². The largest absolute Gasteiger partial charge is 0.468 e. The van der Waals surface area contributed by atoms with Crippen molar-refractivity contribution in [2.45, 2.75) is 17.5 Å². The molecule has 1 unspecified atom stereocenters. The van der Waals surface area contributed by atoms with Crippen LogP contribution in [0.2, 0.25) is 0 Å². The van der Waals surface area contributed by atoms with Crippen molar-refractivity contribution < 1.29 is 22.3 Å². The van der Waals surface area contributed by atoms with E-state index in [0.29, 0.717) is 6.54 Å². The third kappa shape index (κ3) is 4.66. The highest BCUT2D eigenvalue weighted by molar-refractivity contribution is 7.89. The number of halogens is 1. The van der Waals surface area contributed by atoms with Crippen LogP contribution in [-0.4, -0.2) is 45.4 Å². The maximum absolute atomic E-state index is 13.9. The Morgan fingerprint density at radius 3 is 2.38 bits per heavy atom. The van der Waals surface area contributed by atoms with Crippen molar-refractivity contribution in [2.24, 2.45) is 0 Å². The van der Waals surface area contributed by atoms with Crippen molar-refractivity contribution in [1.82, 2.24) is 9.62 Å². The van der Waals surface area contributed by atoms with E-state index >= 15 is 0 Å². The zero-order valence-corrected chi connectivity index (χ0v) is 15.4. The molecule has 2 aromatic carbocycles. The van der Waals surface area contributed by atoms with Gasteiger partial charge in [-0.1, -0.05) is 42.5 Å². The average Bonchev–Trinajstić information content (AvgIpc) is 2.65. The lowest BCUT2D eigenvalue weighted by Crippen LogP contribution is -2.48.